The van der Waals surface area contributed by atoms with Crippen LogP contribution in [0.25, 0.3) is 16.8 Å². The molecule has 6 heteroatoms. The van der Waals surface area contributed by atoms with E-state index >= 15 is 0 Å². The van der Waals surface area contributed by atoms with Crippen molar-refractivity contribution < 1.29 is 19.2 Å². The van der Waals surface area contributed by atoms with Gasteiger partial charge < -0.3 is 9.84 Å². The van der Waals surface area contributed by atoms with E-state index in [-0.39, 0.29) is 6.42 Å². The Bertz CT molecular complexity index is 848. The van der Waals surface area contributed by atoms with Crippen LogP contribution in [-0.4, -0.2) is 17.7 Å². The molecule has 0 radical (unpaired) electrons. The molecule has 0 saturated heterocycles. The minimum Gasteiger partial charge on any atom is -0.494 e. The van der Waals surface area contributed by atoms with Gasteiger partial charge in [0.05, 0.1) is 12.0 Å². The maximum atomic E-state index is 10.5. The highest BCUT2D eigenvalue weighted by Gasteiger charge is 2.11. The van der Waals surface area contributed by atoms with Gasteiger partial charge in [0.2, 0.25) is 11.2 Å². The number of carbonyl (C=O) groups is 1. The minimum absolute atomic E-state index is 0.112. The van der Waals surface area contributed by atoms with E-state index in [1.54, 1.807) is 11.3 Å². The van der Waals surface area contributed by atoms with Gasteiger partial charge in [0.15, 0.2) is 6.20 Å². The molecule has 0 spiro atoms. The van der Waals surface area contributed by atoms with E-state index in [0.29, 0.717) is 23.8 Å². The van der Waals surface area contributed by atoms with Gasteiger partial charge in [-0.2, -0.15) is 4.57 Å². The lowest BCUT2D eigenvalue weighted by Crippen LogP contribution is -2.26. The SMILES string of the molecule is O=C(O)CCCOc1ccc(-c2cc(-[n+]3ccsc3)ccc2Cl)cc1. The van der Waals surface area contributed by atoms with Gasteiger partial charge in [-0.3, -0.25) is 4.79 Å². The van der Waals surface area contributed by atoms with Crippen LogP contribution < -0.4 is 9.30 Å². The summed E-state index contributed by atoms with van der Waals surface area (Å²) in [5.41, 5.74) is 5.03. The lowest BCUT2D eigenvalue weighted by molar-refractivity contribution is -0.590. The Labute approximate surface area is 154 Å². The van der Waals surface area contributed by atoms with E-state index in [9.17, 15) is 4.79 Å². The first-order valence-electron chi connectivity index (χ1n) is 7.82. The molecule has 0 bridgehead atoms. The van der Waals surface area contributed by atoms with Crippen molar-refractivity contribution in [3.63, 3.8) is 0 Å². The molecular weight excluding hydrogens is 358 g/mol. The molecule has 3 rings (SSSR count). The quantitative estimate of drug-likeness (QED) is 0.486. The second kappa shape index (κ2) is 8.14. The molecule has 3 aromatic rings. The highest BCUT2D eigenvalue weighted by Crippen LogP contribution is 2.30. The summed E-state index contributed by atoms with van der Waals surface area (Å²) in [4.78, 5) is 10.5. The summed E-state index contributed by atoms with van der Waals surface area (Å²) >= 11 is 8.00. The zero-order valence-corrected chi connectivity index (χ0v) is 15.0. The number of hydrogen-bond acceptors (Lipinski definition) is 3. The second-order valence-electron chi connectivity index (χ2n) is 5.47. The standard InChI is InChI=1S/C19H16ClNO3S/c20-18-8-5-15(21-9-11-25-13-21)12-17(18)14-3-6-16(7-4-14)24-10-1-2-19(22)23/h3-9,11-13H,1-2,10H2/p+1. The van der Waals surface area contributed by atoms with Crippen LogP contribution in [0, 0.1) is 0 Å². The molecule has 0 saturated carbocycles. The smallest absolute Gasteiger partial charge is 0.303 e. The van der Waals surface area contributed by atoms with Crippen LogP contribution in [0.5, 0.6) is 5.75 Å². The van der Waals surface area contributed by atoms with Crippen LogP contribution in [0.1, 0.15) is 12.8 Å². The van der Waals surface area contributed by atoms with Crippen molar-refractivity contribution in [2.75, 3.05) is 6.61 Å². The third-order valence-corrected chi connectivity index (χ3v) is 4.65. The monoisotopic (exact) mass is 374 g/mol. The number of aliphatic carboxylic acids is 1. The van der Waals surface area contributed by atoms with Crippen molar-refractivity contribution in [2.45, 2.75) is 12.8 Å². The van der Waals surface area contributed by atoms with E-state index in [0.717, 1.165) is 16.8 Å². The Kier molecular flexibility index (Phi) is 5.68. The molecule has 0 aliphatic carbocycles. The van der Waals surface area contributed by atoms with E-state index in [1.807, 2.05) is 58.1 Å². The number of aromatic nitrogens is 1. The summed E-state index contributed by atoms with van der Waals surface area (Å²) in [7, 11) is 0. The molecule has 0 fully saturated rings. The molecule has 4 nitrogen and oxygen atoms in total. The number of ether oxygens (including phenoxy) is 1. The fourth-order valence-electron chi connectivity index (χ4n) is 2.42. The fourth-order valence-corrected chi connectivity index (χ4v) is 3.24. The van der Waals surface area contributed by atoms with Gasteiger partial charge >= 0.3 is 5.97 Å². The lowest BCUT2D eigenvalue weighted by Gasteiger charge is -2.08. The zero-order chi connectivity index (χ0) is 17.6. The fraction of sp³-hybridized carbons (Fsp3) is 0.158. The summed E-state index contributed by atoms with van der Waals surface area (Å²) in [5.74, 6) is -0.0920. The van der Waals surface area contributed by atoms with Gasteiger partial charge in [0.25, 0.3) is 0 Å². The van der Waals surface area contributed by atoms with Crippen LogP contribution in [-0.2, 0) is 4.79 Å². The van der Waals surface area contributed by atoms with Gasteiger partial charge in [-0.05, 0) is 30.2 Å². The van der Waals surface area contributed by atoms with Crippen LogP contribution in [0.3, 0.4) is 0 Å². The number of hydrogen-bond donors (Lipinski definition) is 1. The summed E-state index contributed by atoms with van der Waals surface area (Å²) in [6.07, 6.45) is 2.61. The van der Waals surface area contributed by atoms with Crippen molar-refractivity contribution in [1.29, 1.82) is 0 Å². The average molecular weight is 375 g/mol. The van der Waals surface area contributed by atoms with Crippen LogP contribution >= 0.6 is 22.9 Å². The molecule has 2 aromatic carbocycles. The average Bonchev–Trinajstić information content (AvgIpc) is 3.14. The Morgan fingerprint density at radius 2 is 2.00 bits per heavy atom. The van der Waals surface area contributed by atoms with Crippen LogP contribution in [0.15, 0.2) is 59.6 Å². The lowest BCUT2D eigenvalue weighted by atomic mass is 10.0. The summed E-state index contributed by atoms with van der Waals surface area (Å²) < 4.78 is 7.61. The third kappa shape index (κ3) is 4.59. The highest BCUT2D eigenvalue weighted by molar-refractivity contribution is 7.07. The molecule has 1 heterocycles. The number of nitrogens with zero attached hydrogens (tertiary/aromatic N) is 1. The van der Waals surface area contributed by atoms with E-state index in [1.165, 1.54) is 0 Å². The Hall–Kier alpha value is -2.37. The first-order valence-corrected chi connectivity index (χ1v) is 9.14. The molecule has 0 unspecified atom stereocenters. The molecular formula is C19H17ClNO3S+. The van der Waals surface area contributed by atoms with E-state index in [2.05, 4.69) is 6.07 Å². The highest BCUT2D eigenvalue weighted by atomic mass is 35.5. The number of rotatable bonds is 7. The van der Waals surface area contributed by atoms with Crippen LogP contribution in [0.2, 0.25) is 5.02 Å². The number of carboxylic acid groups (broad SMARTS) is 1. The first-order chi connectivity index (χ1) is 12.1. The van der Waals surface area contributed by atoms with Gasteiger partial charge in [-0.25, -0.2) is 0 Å². The normalized spacial score (nSPS) is 10.6. The van der Waals surface area contributed by atoms with Crippen molar-refractivity contribution in [3.05, 3.63) is 64.6 Å². The second-order valence-corrected chi connectivity index (χ2v) is 6.63. The number of benzene rings is 2. The van der Waals surface area contributed by atoms with Crippen molar-refractivity contribution in [3.8, 4) is 22.6 Å². The van der Waals surface area contributed by atoms with Crippen molar-refractivity contribution in [2.24, 2.45) is 0 Å². The van der Waals surface area contributed by atoms with Crippen LogP contribution in [0.4, 0.5) is 0 Å². The number of halogens is 1. The number of carboxylic acids is 1. The molecule has 128 valence electrons. The first kappa shape index (κ1) is 17.5. The largest absolute Gasteiger partial charge is 0.494 e. The van der Waals surface area contributed by atoms with E-state index in [4.69, 9.17) is 21.4 Å². The Balaban J connectivity index is 1.73. The summed E-state index contributed by atoms with van der Waals surface area (Å²) in [6.45, 7) is 0.386. The predicted octanol–water partition coefficient (Wildman–Crippen LogP) is 4.59. The molecule has 0 amide bonds. The molecule has 1 aromatic heterocycles. The van der Waals surface area contributed by atoms with Gasteiger partial charge in [0.1, 0.15) is 5.75 Å². The number of thiazole rings is 1. The Morgan fingerprint density at radius 3 is 2.68 bits per heavy atom. The summed E-state index contributed by atoms with van der Waals surface area (Å²) in [5, 5.41) is 11.3. The van der Waals surface area contributed by atoms with Crippen molar-refractivity contribution >= 4 is 28.9 Å². The summed E-state index contributed by atoms with van der Waals surface area (Å²) in [6, 6.07) is 13.6. The molecule has 0 aliphatic rings. The molecule has 25 heavy (non-hydrogen) atoms. The topological polar surface area (TPSA) is 50.4 Å². The molecule has 0 atom stereocenters. The van der Waals surface area contributed by atoms with Gasteiger partial charge in [-0.15, -0.1) is 0 Å². The molecule has 1 N–H and O–H groups in total. The Morgan fingerprint density at radius 1 is 1.20 bits per heavy atom. The third-order valence-electron chi connectivity index (χ3n) is 3.69. The van der Waals surface area contributed by atoms with Crippen molar-refractivity contribution in [1.82, 2.24) is 0 Å². The zero-order valence-electron chi connectivity index (χ0n) is 13.4. The maximum Gasteiger partial charge on any atom is 0.303 e. The molecule has 0 aliphatic heterocycles. The van der Waals surface area contributed by atoms with Gasteiger partial charge in [0, 0.05) is 29.1 Å². The minimum atomic E-state index is -0.808. The van der Waals surface area contributed by atoms with E-state index < -0.39 is 5.97 Å². The predicted molar refractivity (Wildman–Crippen MR) is 98.7 cm³/mol. The maximum absolute atomic E-state index is 10.5. The van der Waals surface area contributed by atoms with Gasteiger partial charge in [-0.1, -0.05) is 35.1 Å².